The van der Waals surface area contributed by atoms with Crippen LogP contribution >= 0.6 is 0 Å². The Labute approximate surface area is 118 Å². The molecule has 1 aliphatic heterocycles. The third-order valence-electron chi connectivity index (χ3n) is 3.45. The van der Waals surface area contributed by atoms with Gasteiger partial charge in [-0.05, 0) is 32.4 Å². The molecule has 1 unspecified atom stereocenters. The largest absolute Gasteiger partial charge is 0.352 e. The molecular weight excluding hydrogens is 256 g/mol. The second-order valence-electron chi connectivity index (χ2n) is 5.12. The van der Waals surface area contributed by atoms with E-state index in [0.29, 0.717) is 11.1 Å². The van der Waals surface area contributed by atoms with E-state index >= 15 is 0 Å². The number of hydrogen-bond donors (Lipinski definition) is 1. The van der Waals surface area contributed by atoms with Crippen LogP contribution in [0.25, 0.3) is 0 Å². The lowest BCUT2D eigenvalue weighted by Crippen LogP contribution is -2.43. The van der Waals surface area contributed by atoms with E-state index < -0.39 is 11.8 Å². The van der Waals surface area contributed by atoms with Crippen molar-refractivity contribution in [2.75, 3.05) is 6.54 Å². The third kappa shape index (κ3) is 2.57. The van der Waals surface area contributed by atoms with Gasteiger partial charge in [0, 0.05) is 6.04 Å². The molecule has 2 rings (SSSR count). The molecule has 1 aromatic rings. The highest BCUT2D eigenvalue weighted by molar-refractivity contribution is 6.22. The SMILES string of the molecule is CCC(C)NC(=O)CN1C(=O)c2ccc(C)cc2C1=O. The molecule has 1 aliphatic rings. The van der Waals surface area contributed by atoms with Crippen molar-refractivity contribution in [1.29, 1.82) is 0 Å². The van der Waals surface area contributed by atoms with Crippen molar-refractivity contribution in [2.24, 2.45) is 0 Å². The Morgan fingerprint density at radius 1 is 1.25 bits per heavy atom. The first-order valence-electron chi connectivity index (χ1n) is 6.70. The smallest absolute Gasteiger partial charge is 0.262 e. The van der Waals surface area contributed by atoms with E-state index in [1.807, 2.05) is 20.8 Å². The molecule has 20 heavy (non-hydrogen) atoms. The van der Waals surface area contributed by atoms with E-state index in [9.17, 15) is 14.4 Å². The number of benzene rings is 1. The molecule has 1 heterocycles. The second kappa shape index (κ2) is 5.45. The Hall–Kier alpha value is -2.17. The van der Waals surface area contributed by atoms with Gasteiger partial charge in [0.15, 0.2) is 0 Å². The van der Waals surface area contributed by atoms with E-state index in [0.717, 1.165) is 16.9 Å². The number of carbonyl (C=O) groups excluding carboxylic acids is 3. The van der Waals surface area contributed by atoms with E-state index in [-0.39, 0.29) is 18.5 Å². The molecule has 0 aromatic heterocycles. The number of rotatable bonds is 4. The Balaban J connectivity index is 2.14. The van der Waals surface area contributed by atoms with Gasteiger partial charge in [-0.25, -0.2) is 0 Å². The van der Waals surface area contributed by atoms with Gasteiger partial charge < -0.3 is 5.32 Å². The second-order valence-corrected chi connectivity index (χ2v) is 5.12. The lowest BCUT2D eigenvalue weighted by molar-refractivity contribution is -0.122. The van der Waals surface area contributed by atoms with Crippen molar-refractivity contribution < 1.29 is 14.4 Å². The minimum atomic E-state index is -0.399. The molecule has 1 N–H and O–H groups in total. The lowest BCUT2D eigenvalue weighted by atomic mass is 10.1. The van der Waals surface area contributed by atoms with Crippen LogP contribution in [0.15, 0.2) is 18.2 Å². The fraction of sp³-hybridized carbons (Fsp3) is 0.400. The van der Waals surface area contributed by atoms with Crippen LogP contribution in [0.4, 0.5) is 0 Å². The number of imide groups is 1. The summed E-state index contributed by atoms with van der Waals surface area (Å²) in [6.45, 7) is 5.46. The summed E-state index contributed by atoms with van der Waals surface area (Å²) in [5.74, 6) is -1.11. The van der Waals surface area contributed by atoms with Crippen molar-refractivity contribution in [3.8, 4) is 0 Å². The number of amides is 3. The molecule has 5 nitrogen and oxygen atoms in total. The minimum Gasteiger partial charge on any atom is -0.352 e. The van der Waals surface area contributed by atoms with E-state index in [2.05, 4.69) is 5.32 Å². The van der Waals surface area contributed by atoms with Crippen molar-refractivity contribution in [2.45, 2.75) is 33.2 Å². The Morgan fingerprint density at radius 2 is 1.90 bits per heavy atom. The zero-order valence-electron chi connectivity index (χ0n) is 11.9. The zero-order chi connectivity index (χ0) is 14.9. The normalized spacial score (nSPS) is 15.2. The van der Waals surface area contributed by atoms with Gasteiger partial charge in [-0.15, -0.1) is 0 Å². The summed E-state index contributed by atoms with van der Waals surface area (Å²) in [6, 6.07) is 5.13. The fourth-order valence-corrected chi connectivity index (χ4v) is 2.11. The van der Waals surface area contributed by atoms with Crippen LogP contribution in [-0.2, 0) is 4.79 Å². The van der Waals surface area contributed by atoms with E-state index in [4.69, 9.17) is 0 Å². The fourth-order valence-electron chi connectivity index (χ4n) is 2.11. The van der Waals surface area contributed by atoms with Gasteiger partial charge >= 0.3 is 0 Å². The quantitative estimate of drug-likeness (QED) is 0.846. The standard InChI is InChI=1S/C15H18N2O3/c1-4-10(3)16-13(18)8-17-14(19)11-6-5-9(2)7-12(11)15(17)20/h5-7,10H,4,8H2,1-3H3,(H,16,18). The highest BCUT2D eigenvalue weighted by Gasteiger charge is 2.36. The van der Waals surface area contributed by atoms with Crippen LogP contribution in [0.3, 0.4) is 0 Å². The number of hydrogen-bond acceptors (Lipinski definition) is 3. The number of aryl methyl sites for hydroxylation is 1. The van der Waals surface area contributed by atoms with Gasteiger partial charge in [0.2, 0.25) is 5.91 Å². The van der Waals surface area contributed by atoms with Crippen molar-refractivity contribution in [1.82, 2.24) is 10.2 Å². The summed E-state index contributed by atoms with van der Waals surface area (Å²) in [7, 11) is 0. The molecule has 0 saturated carbocycles. The summed E-state index contributed by atoms with van der Waals surface area (Å²) in [5, 5.41) is 2.75. The van der Waals surface area contributed by atoms with Crippen LogP contribution in [0.1, 0.15) is 46.5 Å². The van der Waals surface area contributed by atoms with Crippen LogP contribution in [-0.4, -0.2) is 35.2 Å². The van der Waals surface area contributed by atoms with Crippen LogP contribution in [0.5, 0.6) is 0 Å². The first-order valence-corrected chi connectivity index (χ1v) is 6.70. The number of fused-ring (bicyclic) bond motifs is 1. The maximum atomic E-state index is 12.2. The Morgan fingerprint density at radius 3 is 2.55 bits per heavy atom. The van der Waals surface area contributed by atoms with Gasteiger partial charge in [-0.3, -0.25) is 19.3 Å². The molecule has 106 valence electrons. The topological polar surface area (TPSA) is 66.5 Å². The molecule has 0 spiro atoms. The molecule has 0 aliphatic carbocycles. The molecule has 1 atom stereocenters. The average Bonchev–Trinajstić information content (AvgIpc) is 2.63. The molecule has 1 aromatic carbocycles. The van der Waals surface area contributed by atoms with Gasteiger partial charge in [0.25, 0.3) is 11.8 Å². The summed E-state index contributed by atoms with van der Waals surface area (Å²) in [4.78, 5) is 37.1. The van der Waals surface area contributed by atoms with Gasteiger partial charge in [0.1, 0.15) is 6.54 Å². The van der Waals surface area contributed by atoms with Crippen LogP contribution < -0.4 is 5.32 Å². The monoisotopic (exact) mass is 274 g/mol. The Bertz CT molecular complexity index is 580. The van der Waals surface area contributed by atoms with Gasteiger partial charge in [-0.2, -0.15) is 0 Å². The van der Waals surface area contributed by atoms with Gasteiger partial charge in [-0.1, -0.05) is 18.6 Å². The Kier molecular flexibility index (Phi) is 3.88. The third-order valence-corrected chi connectivity index (χ3v) is 3.45. The highest BCUT2D eigenvalue weighted by Crippen LogP contribution is 2.23. The summed E-state index contributed by atoms with van der Waals surface area (Å²) >= 11 is 0. The first kappa shape index (κ1) is 14.2. The number of nitrogens with zero attached hydrogens (tertiary/aromatic N) is 1. The highest BCUT2D eigenvalue weighted by atomic mass is 16.2. The molecule has 0 bridgehead atoms. The van der Waals surface area contributed by atoms with Crippen LogP contribution in [0.2, 0.25) is 0 Å². The molecule has 0 saturated heterocycles. The van der Waals surface area contributed by atoms with Crippen molar-refractivity contribution in [3.05, 3.63) is 34.9 Å². The maximum Gasteiger partial charge on any atom is 0.262 e. The average molecular weight is 274 g/mol. The van der Waals surface area contributed by atoms with Crippen molar-refractivity contribution in [3.63, 3.8) is 0 Å². The predicted molar refractivity (Wildman–Crippen MR) is 74.4 cm³/mol. The zero-order valence-corrected chi connectivity index (χ0v) is 11.9. The minimum absolute atomic E-state index is 0.0277. The first-order chi connectivity index (χ1) is 9.43. The van der Waals surface area contributed by atoms with Gasteiger partial charge in [0.05, 0.1) is 11.1 Å². The van der Waals surface area contributed by atoms with E-state index in [1.165, 1.54) is 0 Å². The molecule has 0 radical (unpaired) electrons. The molecule has 3 amide bonds. The number of carbonyl (C=O) groups is 3. The number of nitrogens with one attached hydrogen (secondary N) is 1. The lowest BCUT2D eigenvalue weighted by Gasteiger charge is -2.16. The van der Waals surface area contributed by atoms with E-state index in [1.54, 1.807) is 18.2 Å². The maximum absolute atomic E-state index is 12.2. The van der Waals surface area contributed by atoms with Crippen molar-refractivity contribution >= 4 is 17.7 Å². The molecular formula is C15H18N2O3. The summed E-state index contributed by atoms with van der Waals surface area (Å²) in [5.41, 5.74) is 1.67. The predicted octanol–water partition coefficient (Wildman–Crippen LogP) is 1.51. The molecule has 5 heteroatoms. The summed E-state index contributed by atoms with van der Waals surface area (Å²) < 4.78 is 0. The van der Waals surface area contributed by atoms with Crippen LogP contribution in [0, 0.1) is 6.92 Å². The summed E-state index contributed by atoms with van der Waals surface area (Å²) in [6.07, 6.45) is 0.799. The molecule has 0 fully saturated rings.